The third kappa shape index (κ3) is 5.14. The molecule has 0 aliphatic carbocycles. The van der Waals surface area contributed by atoms with E-state index in [9.17, 15) is 4.79 Å². The first kappa shape index (κ1) is 17.1. The van der Waals surface area contributed by atoms with Gasteiger partial charge in [0.15, 0.2) is 0 Å². The summed E-state index contributed by atoms with van der Waals surface area (Å²) < 4.78 is 10.5. The number of carbonyl (C=O) groups is 1. The van der Waals surface area contributed by atoms with Crippen LogP contribution in [-0.4, -0.2) is 38.1 Å². The van der Waals surface area contributed by atoms with Crippen molar-refractivity contribution in [3.05, 3.63) is 29.8 Å². The molecule has 4 heteroatoms. The molecule has 4 nitrogen and oxygen atoms in total. The molecular weight excluding hydrogens is 266 g/mol. The molecule has 0 atom stereocenters. The zero-order chi connectivity index (χ0) is 15.7. The van der Waals surface area contributed by atoms with Gasteiger partial charge in [-0.3, -0.25) is 4.79 Å². The molecule has 0 saturated heterocycles. The Morgan fingerprint density at radius 3 is 2.33 bits per heavy atom. The van der Waals surface area contributed by atoms with Gasteiger partial charge in [-0.15, -0.1) is 0 Å². The molecule has 1 aromatic carbocycles. The highest BCUT2D eigenvalue weighted by molar-refractivity contribution is 5.92. The summed E-state index contributed by atoms with van der Waals surface area (Å²) in [6.45, 7) is 5.72. The molecular formula is C17H25NO3. The quantitative estimate of drug-likeness (QED) is 0.689. The van der Waals surface area contributed by atoms with Crippen LogP contribution in [0.25, 0.3) is 6.08 Å². The van der Waals surface area contributed by atoms with Crippen molar-refractivity contribution in [3.63, 3.8) is 0 Å². The van der Waals surface area contributed by atoms with Gasteiger partial charge in [-0.05, 0) is 37.1 Å². The van der Waals surface area contributed by atoms with Gasteiger partial charge in [0.05, 0.1) is 14.2 Å². The van der Waals surface area contributed by atoms with E-state index < -0.39 is 0 Å². The fourth-order valence-corrected chi connectivity index (χ4v) is 2.11. The van der Waals surface area contributed by atoms with Crippen LogP contribution < -0.4 is 9.47 Å². The molecule has 1 amide bonds. The van der Waals surface area contributed by atoms with E-state index in [1.807, 2.05) is 23.1 Å². The summed E-state index contributed by atoms with van der Waals surface area (Å²) in [4.78, 5) is 14.1. The van der Waals surface area contributed by atoms with Crippen molar-refractivity contribution < 1.29 is 14.3 Å². The number of methoxy groups -OCH3 is 2. The van der Waals surface area contributed by atoms with Crippen LogP contribution in [0.5, 0.6) is 11.5 Å². The Hall–Kier alpha value is -1.97. The molecule has 1 rings (SSSR count). The number of hydrogen-bond donors (Lipinski definition) is 0. The van der Waals surface area contributed by atoms with E-state index in [4.69, 9.17) is 9.47 Å². The number of carbonyl (C=O) groups excluding carboxylic acids is 1. The minimum atomic E-state index is 0.0311. The van der Waals surface area contributed by atoms with E-state index in [1.54, 1.807) is 26.4 Å². The zero-order valence-electron chi connectivity index (χ0n) is 13.4. The molecule has 0 N–H and O–H groups in total. The second-order valence-electron chi connectivity index (χ2n) is 4.77. The lowest BCUT2D eigenvalue weighted by molar-refractivity contribution is -0.126. The molecule has 0 fully saturated rings. The van der Waals surface area contributed by atoms with Gasteiger partial charge < -0.3 is 14.4 Å². The predicted molar refractivity (Wildman–Crippen MR) is 85.7 cm³/mol. The predicted octanol–water partition coefficient (Wildman–Crippen LogP) is 3.37. The SMILES string of the molecule is CCCN(CCC)C(=O)/C=C/c1cc(OC)ccc1OC. The third-order valence-electron chi connectivity index (χ3n) is 3.14. The van der Waals surface area contributed by atoms with Crippen LogP contribution in [0.4, 0.5) is 0 Å². The summed E-state index contributed by atoms with van der Waals surface area (Å²) in [5.41, 5.74) is 0.832. The molecule has 0 bridgehead atoms. The second kappa shape index (κ2) is 9.06. The molecule has 0 unspecified atom stereocenters. The minimum absolute atomic E-state index is 0.0311. The van der Waals surface area contributed by atoms with E-state index in [-0.39, 0.29) is 5.91 Å². The number of benzene rings is 1. The normalized spacial score (nSPS) is 10.7. The largest absolute Gasteiger partial charge is 0.497 e. The lowest BCUT2D eigenvalue weighted by Gasteiger charge is -2.19. The molecule has 116 valence electrons. The maximum absolute atomic E-state index is 12.2. The molecule has 0 aliphatic rings. The van der Waals surface area contributed by atoms with Crippen molar-refractivity contribution in [2.75, 3.05) is 27.3 Å². The zero-order valence-corrected chi connectivity index (χ0v) is 13.4. The summed E-state index contributed by atoms with van der Waals surface area (Å²) in [6.07, 6.45) is 5.30. The maximum Gasteiger partial charge on any atom is 0.246 e. The molecule has 0 spiro atoms. The Morgan fingerprint density at radius 2 is 1.81 bits per heavy atom. The highest BCUT2D eigenvalue weighted by Crippen LogP contribution is 2.25. The fraction of sp³-hybridized carbons (Fsp3) is 0.471. The Labute approximate surface area is 127 Å². The van der Waals surface area contributed by atoms with Gasteiger partial charge in [-0.25, -0.2) is 0 Å². The lowest BCUT2D eigenvalue weighted by atomic mass is 10.1. The number of rotatable bonds is 8. The second-order valence-corrected chi connectivity index (χ2v) is 4.77. The summed E-state index contributed by atoms with van der Waals surface area (Å²) in [5.74, 6) is 1.49. The van der Waals surface area contributed by atoms with Gasteiger partial charge in [0.25, 0.3) is 0 Å². The van der Waals surface area contributed by atoms with E-state index in [2.05, 4.69) is 13.8 Å². The monoisotopic (exact) mass is 291 g/mol. The van der Waals surface area contributed by atoms with Gasteiger partial charge in [-0.2, -0.15) is 0 Å². The van der Waals surface area contributed by atoms with Crippen LogP contribution in [0.1, 0.15) is 32.3 Å². The van der Waals surface area contributed by atoms with Crippen molar-refractivity contribution in [1.82, 2.24) is 4.90 Å². The maximum atomic E-state index is 12.2. The van der Waals surface area contributed by atoms with E-state index in [0.717, 1.165) is 43.0 Å². The summed E-state index contributed by atoms with van der Waals surface area (Å²) in [6, 6.07) is 5.52. The van der Waals surface area contributed by atoms with Crippen molar-refractivity contribution in [1.29, 1.82) is 0 Å². The number of ether oxygens (including phenoxy) is 2. The fourth-order valence-electron chi connectivity index (χ4n) is 2.11. The van der Waals surface area contributed by atoms with Gasteiger partial charge in [0.1, 0.15) is 11.5 Å². The Balaban J connectivity index is 2.89. The highest BCUT2D eigenvalue weighted by Gasteiger charge is 2.09. The lowest BCUT2D eigenvalue weighted by Crippen LogP contribution is -2.30. The van der Waals surface area contributed by atoms with Crippen LogP contribution in [0, 0.1) is 0 Å². The van der Waals surface area contributed by atoms with Crippen molar-refractivity contribution in [2.45, 2.75) is 26.7 Å². The molecule has 21 heavy (non-hydrogen) atoms. The minimum Gasteiger partial charge on any atom is -0.497 e. The van der Waals surface area contributed by atoms with Crippen LogP contribution in [0.2, 0.25) is 0 Å². The first-order valence-electron chi connectivity index (χ1n) is 7.35. The average molecular weight is 291 g/mol. The number of hydrogen-bond acceptors (Lipinski definition) is 3. The number of amides is 1. The van der Waals surface area contributed by atoms with Crippen LogP contribution in [0.3, 0.4) is 0 Å². The molecule has 1 aromatic rings. The summed E-state index contributed by atoms with van der Waals surface area (Å²) in [7, 11) is 3.23. The third-order valence-corrected chi connectivity index (χ3v) is 3.14. The standard InChI is InChI=1S/C17H25NO3/c1-5-11-18(12-6-2)17(19)10-7-14-13-15(20-3)8-9-16(14)21-4/h7-10,13H,5-6,11-12H2,1-4H3/b10-7+. The molecule has 0 aliphatic heterocycles. The summed E-state index contributed by atoms with van der Waals surface area (Å²) in [5, 5.41) is 0. The molecule has 0 radical (unpaired) electrons. The van der Waals surface area contributed by atoms with E-state index in [1.165, 1.54) is 0 Å². The highest BCUT2D eigenvalue weighted by atomic mass is 16.5. The van der Waals surface area contributed by atoms with E-state index >= 15 is 0 Å². The topological polar surface area (TPSA) is 38.8 Å². The molecule has 0 saturated carbocycles. The molecule has 0 heterocycles. The van der Waals surface area contributed by atoms with Crippen molar-refractivity contribution in [2.24, 2.45) is 0 Å². The van der Waals surface area contributed by atoms with Crippen molar-refractivity contribution in [3.8, 4) is 11.5 Å². The Kier molecular flexibility index (Phi) is 7.37. The van der Waals surface area contributed by atoms with E-state index in [0.29, 0.717) is 0 Å². The summed E-state index contributed by atoms with van der Waals surface area (Å²) >= 11 is 0. The number of nitrogens with zero attached hydrogens (tertiary/aromatic N) is 1. The van der Waals surface area contributed by atoms with Crippen LogP contribution in [0.15, 0.2) is 24.3 Å². The Morgan fingerprint density at radius 1 is 1.14 bits per heavy atom. The van der Waals surface area contributed by atoms with Crippen molar-refractivity contribution >= 4 is 12.0 Å². The Bertz CT molecular complexity index is 477. The molecule has 0 aromatic heterocycles. The van der Waals surface area contributed by atoms with Crippen LogP contribution >= 0.6 is 0 Å². The smallest absolute Gasteiger partial charge is 0.246 e. The van der Waals surface area contributed by atoms with Gasteiger partial charge in [0.2, 0.25) is 5.91 Å². The van der Waals surface area contributed by atoms with Gasteiger partial charge >= 0.3 is 0 Å². The first-order valence-corrected chi connectivity index (χ1v) is 7.35. The first-order chi connectivity index (χ1) is 10.2. The van der Waals surface area contributed by atoms with Gasteiger partial charge in [-0.1, -0.05) is 13.8 Å². The van der Waals surface area contributed by atoms with Crippen LogP contribution in [-0.2, 0) is 4.79 Å². The van der Waals surface area contributed by atoms with Gasteiger partial charge in [0, 0.05) is 24.7 Å². The average Bonchev–Trinajstić information content (AvgIpc) is 2.52.